The van der Waals surface area contributed by atoms with Gasteiger partial charge in [-0.2, -0.15) is 0 Å². The van der Waals surface area contributed by atoms with Gasteiger partial charge in [0.25, 0.3) is 0 Å². The topological polar surface area (TPSA) is 69.6 Å². The minimum Gasteiger partial charge on any atom is -0.479 e. The third-order valence-corrected chi connectivity index (χ3v) is 4.26. The summed E-state index contributed by atoms with van der Waals surface area (Å²) in [5, 5.41) is 12.7. The first kappa shape index (κ1) is 14.3. The first-order valence-corrected chi connectivity index (χ1v) is 7.34. The van der Waals surface area contributed by atoms with Crippen molar-refractivity contribution >= 4 is 11.9 Å². The quantitative estimate of drug-likeness (QED) is 0.728. The lowest BCUT2D eigenvalue weighted by Crippen LogP contribution is -2.55. The summed E-state index contributed by atoms with van der Waals surface area (Å²) in [5.41, 5.74) is -0.951. The van der Waals surface area contributed by atoms with Gasteiger partial charge in [0.15, 0.2) is 0 Å². The molecule has 0 bridgehead atoms. The summed E-state index contributed by atoms with van der Waals surface area (Å²) in [7, 11) is 0. The SMILES string of the molecule is CCCC1(C(=O)O)CCCN1C(=O)CNCC1CC1. The monoisotopic (exact) mass is 268 g/mol. The molecular weight excluding hydrogens is 244 g/mol. The number of carboxylic acids is 1. The maximum Gasteiger partial charge on any atom is 0.329 e. The van der Waals surface area contributed by atoms with Crippen molar-refractivity contribution in [1.82, 2.24) is 10.2 Å². The number of rotatable bonds is 7. The molecule has 1 aliphatic carbocycles. The molecule has 1 amide bonds. The Labute approximate surface area is 114 Å². The molecule has 0 aromatic heterocycles. The minimum atomic E-state index is -0.951. The number of nitrogens with zero attached hydrogens (tertiary/aromatic N) is 1. The van der Waals surface area contributed by atoms with Crippen molar-refractivity contribution < 1.29 is 14.7 Å². The van der Waals surface area contributed by atoms with Gasteiger partial charge in [0, 0.05) is 6.54 Å². The van der Waals surface area contributed by atoms with Crippen LogP contribution in [0.4, 0.5) is 0 Å². The Balaban J connectivity index is 1.94. The molecule has 1 heterocycles. The van der Waals surface area contributed by atoms with Crippen LogP contribution in [0.25, 0.3) is 0 Å². The molecule has 1 aliphatic heterocycles. The van der Waals surface area contributed by atoms with E-state index in [2.05, 4.69) is 5.32 Å². The van der Waals surface area contributed by atoms with Crippen LogP contribution in [0.3, 0.4) is 0 Å². The van der Waals surface area contributed by atoms with Crippen LogP contribution < -0.4 is 5.32 Å². The molecule has 2 rings (SSSR count). The largest absolute Gasteiger partial charge is 0.479 e. The van der Waals surface area contributed by atoms with E-state index in [4.69, 9.17) is 0 Å². The van der Waals surface area contributed by atoms with E-state index in [1.165, 1.54) is 12.8 Å². The van der Waals surface area contributed by atoms with Crippen molar-refractivity contribution in [2.75, 3.05) is 19.6 Å². The van der Waals surface area contributed by atoms with E-state index in [-0.39, 0.29) is 12.5 Å². The molecule has 1 saturated heterocycles. The van der Waals surface area contributed by atoms with E-state index < -0.39 is 11.5 Å². The van der Waals surface area contributed by atoms with Crippen molar-refractivity contribution in [1.29, 1.82) is 0 Å². The zero-order valence-corrected chi connectivity index (χ0v) is 11.7. The van der Waals surface area contributed by atoms with Crippen molar-refractivity contribution in [3.63, 3.8) is 0 Å². The zero-order chi connectivity index (χ0) is 13.9. The fraction of sp³-hybridized carbons (Fsp3) is 0.857. The average Bonchev–Trinajstić information content (AvgIpc) is 3.08. The summed E-state index contributed by atoms with van der Waals surface area (Å²) in [6, 6.07) is 0. The van der Waals surface area contributed by atoms with Gasteiger partial charge in [-0.15, -0.1) is 0 Å². The van der Waals surface area contributed by atoms with Crippen LogP contribution in [0.2, 0.25) is 0 Å². The number of carboxylic acid groups (broad SMARTS) is 1. The summed E-state index contributed by atoms with van der Waals surface area (Å²) < 4.78 is 0. The molecule has 108 valence electrons. The highest BCUT2D eigenvalue weighted by atomic mass is 16.4. The summed E-state index contributed by atoms with van der Waals surface area (Å²) in [5.74, 6) is -0.178. The van der Waals surface area contributed by atoms with Gasteiger partial charge in [-0.25, -0.2) is 4.79 Å². The van der Waals surface area contributed by atoms with Gasteiger partial charge in [0.1, 0.15) is 5.54 Å². The van der Waals surface area contributed by atoms with Crippen LogP contribution in [0.5, 0.6) is 0 Å². The Morgan fingerprint density at radius 2 is 2.16 bits per heavy atom. The molecule has 19 heavy (non-hydrogen) atoms. The molecule has 5 heteroatoms. The summed E-state index contributed by atoms with van der Waals surface area (Å²) in [6.45, 7) is 3.70. The van der Waals surface area contributed by atoms with Gasteiger partial charge < -0.3 is 15.3 Å². The first-order valence-electron chi connectivity index (χ1n) is 7.34. The van der Waals surface area contributed by atoms with Crippen molar-refractivity contribution in [3.8, 4) is 0 Å². The highest BCUT2D eigenvalue weighted by Gasteiger charge is 2.48. The maximum absolute atomic E-state index is 12.2. The van der Waals surface area contributed by atoms with Gasteiger partial charge in [-0.3, -0.25) is 4.79 Å². The maximum atomic E-state index is 12.2. The molecule has 1 atom stereocenters. The van der Waals surface area contributed by atoms with Crippen LogP contribution in [0, 0.1) is 5.92 Å². The standard InChI is InChI=1S/C14H24N2O3/c1-2-6-14(13(18)19)7-3-8-16(14)12(17)10-15-9-11-4-5-11/h11,15H,2-10H2,1H3,(H,18,19). The first-order chi connectivity index (χ1) is 9.10. The Morgan fingerprint density at radius 1 is 1.42 bits per heavy atom. The number of nitrogens with one attached hydrogen (secondary N) is 1. The molecule has 1 saturated carbocycles. The van der Waals surface area contributed by atoms with E-state index in [1.807, 2.05) is 6.92 Å². The Kier molecular flexibility index (Phi) is 4.45. The van der Waals surface area contributed by atoms with E-state index >= 15 is 0 Å². The van der Waals surface area contributed by atoms with Gasteiger partial charge in [0.05, 0.1) is 6.54 Å². The van der Waals surface area contributed by atoms with Crippen LogP contribution in [0.15, 0.2) is 0 Å². The Hall–Kier alpha value is -1.10. The van der Waals surface area contributed by atoms with E-state index in [1.54, 1.807) is 4.90 Å². The predicted molar refractivity (Wildman–Crippen MR) is 71.8 cm³/mol. The van der Waals surface area contributed by atoms with Gasteiger partial charge in [-0.05, 0) is 44.6 Å². The lowest BCUT2D eigenvalue weighted by Gasteiger charge is -2.34. The predicted octanol–water partition coefficient (Wildman–Crippen LogP) is 1.23. The second-order valence-electron chi connectivity index (χ2n) is 5.81. The minimum absolute atomic E-state index is 0.0611. The smallest absolute Gasteiger partial charge is 0.329 e. The molecule has 2 fully saturated rings. The fourth-order valence-electron chi connectivity index (χ4n) is 3.05. The van der Waals surface area contributed by atoms with Crippen molar-refractivity contribution in [2.45, 2.75) is 51.0 Å². The summed E-state index contributed by atoms with van der Waals surface area (Å²) >= 11 is 0. The number of aliphatic carboxylic acids is 1. The van der Waals surface area contributed by atoms with Crippen molar-refractivity contribution in [2.24, 2.45) is 5.92 Å². The number of likely N-dealkylation sites (tertiary alicyclic amines) is 1. The van der Waals surface area contributed by atoms with Crippen LogP contribution in [-0.4, -0.2) is 47.1 Å². The molecule has 0 aromatic carbocycles. The van der Waals surface area contributed by atoms with E-state index in [9.17, 15) is 14.7 Å². The molecule has 0 radical (unpaired) electrons. The molecule has 2 N–H and O–H groups in total. The second kappa shape index (κ2) is 5.90. The second-order valence-corrected chi connectivity index (χ2v) is 5.81. The molecular formula is C14H24N2O3. The van der Waals surface area contributed by atoms with Crippen LogP contribution in [-0.2, 0) is 9.59 Å². The number of carbonyl (C=O) groups is 2. The number of hydrogen-bond donors (Lipinski definition) is 2. The lowest BCUT2D eigenvalue weighted by atomic mass is 9.90. The zero-order valence-electron chi connectivity index (χ0n) is 11.7. The molecule has 0 aromatic rings. The van der Waals surface area contributed by atoms with E-state index in [0.29, 0.717) is 19.4 Å². The summed E-state index contributed by atoms with van der Waals surface area (Å²) in [4.78, 5) is 25.4. The van der Waals surface area contributed by atoms with Crippen LogP contribution in [0.1, 0.15) is 45.4 Å². The van der Waals surface area contributed by atoms with Gasteiger partial charge in [-0.1, -0.05) is 13.3 Å². The van der Waals surface area contributed by atoms with Crippen molar-refractivity contribution in [3.05, 3.63) is 0 Å². The molecule has 0 spiro atoms. The third kappa shape index (κ3) is 3.08. The fourth-order valence-corrected chi connectivity index (χ4v) is 3.05. The molecule has 5 nitrogen and oxygen atoms in total. The number of carbonyl (C=O) groups excluding carboxylic acids is 1. The number of hydrogen-bond acceptors (Lipinski definition) is 3. The summed E-state index contributed by atoms with van der Waals surface area (Å²) in [6.07, 6.45) is 5.22. The number of amides is 1. The molecule has 1 unspecified atom stereocenters. The molecule has 2 aliphatic rings. The third-order valence-electron chi connectivity index (χ3n) is 4.26. The highest BCUT2D eigenvalue weighted by molar-refractivity contribution is 5.88. The van der Waals surface area contributed by atoms with E-state index in [0.717, 1.165) is 25.3 Å². The Bertz CT molecular complexity index is 355. The van der Waals surface area contributed by atoms with Gasteiger partial charge >= 0.3 is 5.97 Å². The van der Waals surface area contributed by atoms with Gasteiger partial charge in [0.2, 0.25) is 5.91 Å². The van der Waals surface area contributed by atoms with Crippen LogP contribution >= 0.6 is 0 Å². The highest BCUT2D eigenvalue weighted by Crippen LogP contribution is 2.34. The lowest BCUT2D eigenvalue weighted by molar-refractivity contribution is -0.156. The average molecular weight is 268 g/mol. The normalized spacial score (nSPS) is 26.7. The Morgan fingerprint density at radius 3 is 2.74 bits per heavy atom.